The molecule has 0 aliphatic carbocycles. The lowest BCUT2D eigenvalue weighted by molar-refractivity contribution is 0.300. The summed E-state index contributed by atoms with van der Waals surface area (Å²) in [4.78, 5) is 2.49. The first kappa shape index (κ1) is 13.4. The van der Waals surface area contributed by atoms with E-state index < -0.39 is 0 Å². The van der Waals surface area contributed by atoms with Crippen LogP contribution < -0.4 is 0 Å². The van der Waals surface area contributed by atoms with Crippen LogP contribution in [-0.4, -0.2) is 24.5 Å². The van der Waals surface area contributed by atoms with Gasteiger partial charge in [-0.15, -0.1) is 0 Å². The van der Waals surface area contributed by atoms with Crippen LogP contribution >= 0.6 is 0 Å². The van der Waals surface area contributed by atoms with E-state index in [0.717, 1.165) is 6.54 Å². The highest BCUT2D eigenvalue weighted by atomic mass is 15.1. The Morgan fingerprint density at radius 1 is 1.14 bits per heavy atom. The molecular formula is C13H25N. The topological polar surface area (TPSA) is 3.24 Å². The van der Waals surface area contributed by atoms with Crippen LogP contribution in [-0.2, 0) is 0 Å². The van der Waals surface area contributed by atoms with Crippen molar-refractivity contribution in [3.05, 3.63) is 23.3 Å². The Kier molecular flexibility index (Phi) is 7.50. The van der Waals surface area contributed by atoms with Crippen LogP contribution in [0.2, 0.25) is 0 Å². The molecule has 1 heterocycles. The zero-order chi connectivity index (χ0) is 11.0. The quantitative estimate of drug-likeness (QED) is 0.617. The van der Waals surface area contributed by atoms with Crippen molar-refractivity contribution in [3.63, 3.8) is 0 Å². The summed E-state index contributed by atoms with van der Waals surface area (Å²) in [5, 5.41) is 0. The maximum Gasteiger partial charge on any atom is 0.0233 e. The summed E-state index contributed by atoms with van der Waals surface area (Å²) in [6, 6.07) is 0. The Balaban J connectivity index is 0.000000791. The van der Waals surface area contributed by atoms with Crippen LogP contribution in [0.15, 0.2) is 23.3 Å². The highest BCUT2D eigenvalue weighted by Gasteiger charge is 2.15. The van der Waals surface area contributed by atoms with E-state index in [1.807, 2.05) is 13.8 Å². The van der Waals surface area contributed by atoms with Crippen LogP contribution in [0, 0.1) is 0 Å². The number of likely N-dealkylation sites (N-methyl/N-ethyl adjacent to an activating group) is 1. The third-order valence-electron chi connectivity index (χ3n) is 2.65. The first-order chi connectivity index (χ1) is 6.81. The number of nitrogens with zero attached hydrogens (tertiary/aromatic N) is 1. The molecule has 1 rings (SSSR count). The van der Waals surface area contributed by atoms with E-state index in [0.29, 0.717) is 0 Å². The third-order valence-corrected chi connectivity index (χ3v) is 2.65. The molecule has 0 aromatic carbocycles. The molecule has 0 N–H and O–H groups in total. The zero-order valence-electron chi connectivity index (χ0n) is 10.4. The lowest BCUT2D eigenvalue weighted by atomic mass is 9.97. The van der Waals surface area contributed by atoms with E-state index in [2.05, 4.69) is 37.8 Å². The average molecular weight is 195 g/mol. The Bertz CT molecular complexity index is 201. The van der Waals surface area contributed by atoms with Crippen molar-refractivity contribution in [2.45, 2.75) is 41.0 Å². The minimum Gasteiger partial charge on any atom is -0.299 e. The molecule has 0 amide bonds. The molecule has 0 saturated carbocycles. The summed E-state index contributed by atoms with van der Waals surface area (Å²) in [5.41, 5.74) is 3.06. The van der Waals surface area contributed by atoms with E-state index in [9.17, 15) is 0 Å². The van der Waals surface area contributed by atoms with Crippen LogP contribution in [0.3, 0.4) is 0 Å². The second-order valence-electron chi connectivity index (χ2n) is 3.25. The van der Waals surface area contributed by atoms with Gasteiger partial charge in [0.25, 0.3) is 0 Å². The van der Waals surface area contributed by atoms with E-state index in [1.54, 1.807) is 5.57 Å². The largest absolute Gasteiger partial charge is 0.299 e. The predicted octanol–water partition coefficient (Wildman–Crippen LogP) is 3.63. The SMILES string of the molecule is C/C=C1/CCN(CC)C/C1=C/C.CC. The fraction of sp³-hybridized carbons (Fsp3) is 0.692. The molecule has 0 atom stereocenters. The smallest absolute Gasteiger partial charge is 0.0233 e. The molecule has 0 bridgehead atoms. The summed E-state index contributed by atoms with van der Waals surface area (Å²) < 4.78 is 0. The molecule has 0 aromatic heterocycles. The second kappa shape index (κ2) is 7.81. The van der Waals surface area contributed by atoms with Gasteiger partial charge in [-0.25, -0.2) is 0 Å². The van der Waals surface area contributed by atoms with Crippen LogP contribution in [0.25, 0.3) is 0 Å². The molecule has 0 aromatic rings. The minimum absolute atomic E-state index is 1.15. The predicted molar refractivity (Wildman–Crippen MR) is 65.6 cm³/mol. The second-order valence-corrected chi connectivity index (χ2v) is 3.25. The van der Waals surface area contributed by atoms with Crippen LogP contribution in [0.4, 0.5) is 0 Å². The summed E-state index contributed by atoms with van der Waals surface area (Å²) in [5.74, 6) is 0. The molecule has 1 nitrogen and oxygen atoms in total. The lowest BCUT2D eigenvalue weighted by Gasteiger charge is -2.29. The number of allylic oxidation sites excluding steroid dienone is 2. The van der Waals surface area contributed by atoms with Crippen molar-refractivity contribution in [1.82, 2.24) is 4.90 Å². The van der Waals surface area contributed by atoms with Gasteiger partial charge in [0.1, 0.15) is 0 Å². The van der Waals surface area contributed by atoms with Gasteiger partial charge in [-0.1, -0.05) is 32.9 Å². The normalized spacial score (nSPS) is 23.5. The first-order valence-electron chi connectivity index (χ1n) is 5.84. The molecule has 1 heteroatoms. The minimum atomic E-state index is 1.15. The lowest BCUT2D eigenvalue weighted by Crippen LogP contribution is -2.31. The Labute approximate surface area is 89.5 Å². The van der Waals surface area contributed by atoms with E-state index in [-0.39, 0.29) is 0 Å². The number of likely N-dealkylation sites (tertiary alicyclic amines) is 1. The van der Waals surface area contributed by atoms with Gasteiger partial charge in [-0.05, 0) is 38.0 Å². The fourth-order valence-electron chi connectivity index (χ4n) is 1.74. The van der Waals surface area contributed by atoms with Crippen molar-refractivity contribution in [1.29, 1.82) is 0 Å². The summed E-state index contributed by atoms with van der Waals surface area (Å²) in [7, 11) is 0. The molecule has 1 aliphatic heterocycles. The van der Waals surface area contributed by atoms with Crippen molar-refractivity contribution >= 4 is 0 Å². The molecule has 1 saturated heterocycles. The van der Waals surface area contributed by atoms with Gasteiger partial charge in [0.05, 0.1) is 0 Å². The molecule has 82 valence electrons. The number of hydrogen-bond acceptors (Lipinski definition) is 1. The van der Waals surface area contributed by atoms with Crippen molar-refractivity contribution < 1.29 is 0 Å². The zero-order valence-corrected chi connectivity index (χ0v) is 10.4. The Hall–Kier alpha value is -0.560. The molecule has 0 unspecified atom stereocenters. The first-order valence-corrected chi connectivity index (χ1v) is 5.84. The van der Waals surface area contributed by atoms with Gasteiger partial charge in [0.2, 0.25) is 0 Å². The molecule has 1 aliphatic rings. The monoisotopic (exact) mass is 195 g/mol. The number of piperidine rings is 1. The average Bonchev–Trinajstić information content (AvgIpc) is 2.30. The van der Waals surface area contributed by atoms with E-state index in [1.165, 1.54) is 25.1 Å². The van der Waals surface area contributed by atoms with Gasteiger partial charge in [0, 0.05) is 13.1 Å². The molecule has 0 spiro atoms. The van der Waals surface area contributed by atoms with Gasteiger partial charge < -0.3 is 0 Å². The maximum atomic E-state index is 2.49. The van der Waals surface area contributed by atoms with Crippen molar-refractivity contribution in [3.8, 4) is 0 Å². The van der Waals surface area contributed by atoms with Gasteiger partial charge >= 0.3 is 0 Å². The maximum absolute atomic E-state index is 2.49. The summed E-state index contributed by atoms with van der Waals surface area (Å²) >= 11 is 0. The Morgan fingerprint density at radius 2 is 1.71 bits per heavy atom. The van der Waals surface area contributed by atoms with Crippen molar-refractivity contribution in [2.24, 2.45) is 0 Å². The van der Waals surface area contributed by atoms with Gasteiger partial charge in [0.15, 0.2) is 0 Å². The molecule has 0 radical (unpaired) electrons. The van der Waals surface area contributed by atoms with Gasteiger partial charge in [-0.2, -0.15) is 0 Å². The summed E-state index contributed by atoms with van der Waals surface area (Å²) in [6.07, 6.45) is 5.73. The highest BCUT2D eigenvalue weighted by molar-refractivity contribution is 5.33. The third kappa shape index (κ3) is 3.67. The van der Waals surface area contributed by atoms with Gasteiger partial charge in [-0.3, -0.25) is 4.90 Å². The highest BCUT2D eigenvalue weighted by Crippen LogP contribution is 2.21. The molecular weight excluding hydrogens is 170 g/mol. The standard InChI is InChI=1S/C11H19N.C2H6/c1-4-10-7-8-12(6-3)9-11(10)5-2;1-2/h4-5H,6-9H2,1-3H3;1-2H3/b10-4-,11-5-;. The number of rotatable bonds is 1. The Morgan fingerprint density at radius 3 is 2.14 bits per heavy atom. The van der Waals surface area contributed by atoms with Crippen LogP contribution in [0.1, 0.15) is 41.0 Å². The molecule has 14 heavy (non-hydrogen) atoms. The van der Waals surface area contributed by atoms with E-state index >= 15 is 0 Å². The van der Waals surface area contributed by atoms with Crippen LogP contribution in [0.5, 0.6) is 0 Å². The van der Waals surface area contributed by atoms with E-state index in [4.69, 9.17) is 0 Å². The molecule has 1 fully saturated rings. The fourth-order valence-corrected chi connectivity index (χ4v) is 1.74. The van der Waals surface area contributed by atoms with Crippen molar-refractivity contribution in [2.75, 3.05) is 19.6 Å². The number of hydrogen-bond donors (Lipinski definition) is 0. The summed E-state index contributed by atoms with van der Waals surface area (Å²) in [6.45, 7) is 14.1.